The molecule has 2 amide bonds. The second-order valence-corrected chi connectivity index (χ2v) is 13.6. The van der Waals surface area contributed by atoms with Gasteiger partial charge in [0, 0.05) is 66.7 Å². The molecule has 12 heteroatoms. The van der Waals surface area contributed by atoms with Crippen LogP contribution in [-0.2, 0) is 13.5 Å². The first-order valence-corrected chi connectivity index (χ1v) is 17.0. The lowest BCUT2D eigenvalue weighted by molar-refractivity contribution is 0.187. The lowest BCUT2D eigenvalue weighted by Crippen LogP contribution is -2.59. The average molecular weight is 677 g/mol. The molecular formula is C37H37ClN8O3. The van der Waals surface area contributed by atoms with Gasteiger partial charge in [-0.1, -0.05) is 41.9 Å². The number of anilines is 2. The standard InChI is InChI=1S/C37H37ClN8O3/c1-21-24(6-5-9-27(21)42-33-31-23(12-15-39-33)19-41-45(2)35(31)47)25-7-4-8-26(32(25)38)28-18-22-10-11-29(30(22)34(43-28)49-3)46-17-14-37(20-46)13-16-40-36(48)44-37/h4-9,12,15,18-19,29H,10-11,13-14,16-17,20H2,1-3H3,(H,39,42)(H2,40,44,48)/t29-,37+/m0/s1. The van der Waals surface area contributed by atoms with Crippen LogP contribution in [0.5, 0.6) is 5.88 Å². The molecular weight excluding hydrogens is 640 g/mol. The Balaban J connectivity index is 1.11. The fraction of sp³-hybridized carbons (Fsp3) is 0.324. The number of hydrogen-bond acceptors (Lipinski definition) is 8. The quantitative estimate of drug-likeness (QED) is 0.203. The third-order valence-electron chi connectivity index (χ3n) is 10.4. The second kappa shape index (κ2) is 12.2. The van der Waals surface area contributed by atoms with Crippen molar-refractivity contribution in [3.05, 3.63) is 93.0 Å². The van der Waals surface area contributed by atoms with Crippen molar-refractivity contribution in [2.24, 2.45) is 7.05 Å². The van der Waals surface area contributed by atoms with Gasteiger partial charge >= 0.3 is 6.03 Å². The Morgan fingerprint density at radius 1 is 1.08 bits per heavy atom. The van der Waals surface area contributed by atoms with Crippen LogP contribution in [0.1, 0.15) is 42.0 Å². The summed E-state index contributed by atoms with van der Waals surface area (Å²) in [6.07, 6.45) is 7.08. The predicted molar refractivity (Wildman–Crippen MR) is 191 cm³/mol. The second-order valence-electron chi connectivity index (χ2n) is 13.2. The number of benzene rings is 2. The van der Waals surface area contributed by atoms with Gasteiger partial charge in [0.1, 0.15) is 5.82 Å². The summed E-state index contributed by atoms with van der Waals surface area (Å²) in [5.74, 6) is 1.09. The minimum Gasteiger partial charge on any atom is -0.481 e. The summed E-state index contributed by atoms with van der Waals surface area (Å²) >= 11 is 7.24. The monoisotopic (exact) mass is 676 g/mol. The molecule has 3 aliphatic rings. The van der Waals surface area contributed by atoms with Gasteiger partial charge in [0.05, 0.1) is 34.9 Å². The molecule has 0 unspecified atom stereocenters. The van der Waals surface area contributed by atoms with Crippen molar-refractivity contribution in [2.45, 2.75) is 44.2 Å². The lowest BCUT2D eigenvalue weighted by atomic mass is 9.93. The molecule has 0 bridgehead atoms. The Morgan fingerprint density at radius 3 is 2.73 bits per heavy atom. The molecule has 5 heterocycles. The molecule has 49 heavy (non-hydrogen) atoms. The van der Waals surface area contributed by atoms with Crippen LogP contribution in [-0.4, -0.2) is 63.0 Å². The zero-order chi connectivity index (χ0) is 33.9. The third kappa shape index (κ3) is 5.37. The molecule has 2 aliphatic heterocycles. The van der Waals surface area contributed by atoms with Crippen LogP contribution in [0.15, 0.2) is 65.7 Å². The number of rotatable bonds is 6. The van der Waals surface area contributed by atoms with Crippen molar-refractivity contribution < 1.29 is 9.53 Å². The normalized spacial score (nSPS) is 20.3. The van der Waals surface area contributed by atoms with E-state index in [2.05, 4.69) is 37.0 Å². The number of nitrogens with zero attached hydrogens (tertiary/aromatic N) is 5. The fourth-order valence-electron chi connectivity index (χ4n) is 7.88. The molecule has 11 nitrogen and oxygen atoms in total. The van der Waals surface area contributed by atoms with E-state index < -0.39 is 0 Å². The van der Waals surface area contributed by atoms with Gasteiger partial charge in [-0.15, -0.1) is 0 Å². The summed E-state index contributed by atoms with van der Waals surface area (Å²) in [6.45, 7) is 4.47. The van der Waals surface area contributed by atoms with E-state index in [0.29, 0.717) is 34.0 Å². The molecule has 1 aliphatic carbocycles. The SMILES string of the molecule is COc1nc(-c2cccc(-c3cccc(Nc4nccc5cnn(C)c(=O)c45)c3C)c2Cl)cc2c1[C@@H](N1CC[C@]3(CCNC(=O)N3)C1)CC2. The summed E-state index contributed by atoms with van der Waals surface area (Å²) in [7, 11) is 3.31. The van der Waals surface area contributed by atoms with Gasteiger partial charge in [-0.05, 0) is 67.5 Å². The highest BCUT2D eigenvalue weighted by atomic mass is 35.5. The maximum absolute atomic E-state index is 13.0. The summed E-state index contributed by atoms with van der Waals surface area (Å²) in [5, 5.41) is 15.4. The first-order valence-electron chi connectivity index (χ1n) is 16.6. The van der Waals surface area contributed by atoms with E-state index in [1.54, 1.807) is 32.6 Å². The molecule has 2 saturated heterocycles. The average Bonchev–Trinajstić information content (AvgIpc) is 3.71. The molecule has 2 atom stereocenters. The van der Waals surface area contributed by atoms with Crippen LogP contribution in [0.4, 0.5) is 16.3 Å². The highest BCUT2D eigenvalue weighted by Crippen LogP contribution is 2.46. The number of urea groups is 1. The van der Waals surface area contributed by atoms with E-state index in [9.17, 15) is 9.59 Å². The number of nitrogens with one attached hydrogen (secondary N) is 3. The van der Waals surface area contributed by atoms with Crippen molar-refractivity contribution in [1.82, 2.24) is 35.3 Å². The first kappa shape index (κ1) is 31.3. The van der Waals surface area contributed by atoms with Crippen LogP contribution in [0.2, 0.25) is 5.02 Å². The van der Waals surface area contributed by atoms with E-state index in [1.165, 1.54) is 10.2 Å². The summed E-state index contributed by atoms with van der Waals surface area (Å²) in [5.41, 5.74) is 7.15. The van der Waals surface area contributed by atoms with Crippen LogP contribution in [0.25, 0.3) is 33.2 Å². The molecule has 0 radical (unpaired) electrons. The van der Waals surface area contributed by atoms with Crippen LogP contribution < -0.4 is 26.2 Å². The number of carbonyl (C=O) groups is 1. The number of aryl methyl sites for hydroxylation is 2. The summed E-state index contributed by atoms with van der Waals surface area (Å²) in [4.78, 5) is 37.1. The maximum Gasteiger partial charge on any atom is 0.315 e. The number of hydrogen-bond donors (Lipinski definition) is 3. The number of likely N-dealkylation sites (tertiary alicyclic amines) is 1. The Kier molecular flexibility index (Phi) is 7.76. The number of amides is 2. The molecule has 250 valence electrons. The summed E-state index contributed by atoms with van der Waals surface area (Å²) in [6, 6.07) is 16.0. The van der Waals surface area contributed by atoms with E-state index in [1.807, 2.05) is 43.3 Å². The third-order valence-corrected chi connectivity index (χ3v) is 10.8. The molecule has 3 N–H and O–H groups in total. The number of ether oxygens (including phenoxy) is 1. The van der Waals surface area contributed by atoms with E-state index in [-0.39, 0.29) is 23.2 Å². The Morgan fingerprint density at radius 2 is 1.90 bits per heavy atom. The van der Waals surface area contributed by atoms with Crippen molar-refractivity contribution in [3.63, 3.8) is 0 Å². The maximum atomic E-state index is 13.0. The molecule has 1 spiro atoms. The molecule has 2 aromatic carbocycles. The Labute approximate surface area is 288 Å². The van der Waals surface area contributed by atoms with Crippen molar-refractivity contribution >= 4 is 39.9 Å². The van der Waals surface area contributed by atoms with Crippen molar-refractivity contribution in [2.75, 3.05) is 32.1 Å². The van der Waals surface area contributed by atoms with Gasteiger partial charge in [0.15, 0.2) is 0 Å². The molecule has 0 saturated carbocycles. The van der Waals surface area contributed by atoms with Gasteiger partial charge in [0.25, 0.3) is 5.56 Å². The highest BCUT2D eigenvalue weighted by Gasteiger charge is 2.45. The van der Waals surface area contributed by atoms with Crippen LogP contribution in [0.3, 0.4) is 0 Å². The zero-order valence-electron chi connectivity index (χ0n) is 27.6. The van der Waals surface area contributed by atoms with Gasteiger partial charge in [-0.25, -0.2) is 19.4 Å². The number of methoxy groups -OCH3 is 1. The molecule has 2 fully saturated rings. The number of pyridine rings is 2. The minimum absolute atomic E-state index is 0.0761. The Hall–Kier alpha value is -5.00. The smallest absolute Gasteiger partial charge is 0.315 e. The van der Waals surface area contributed by atoms with Gasteiger partial charge in [-0.2, -0.15) is 5.10 Å². The number of halogens is 1. The van der Waals surface area contributed by atoms with Crippen LogP contribution in [0, 0.1) is 6.92 Å². The van der Waals surface area contributed by atoms with Crippen molar-refractivity contribution in [3.8, 4) is 28.3 Å². The zero-order valence-corrected chi connectivity index (χ0v) is 28.4. The topological polar surface area (TPSA) is 126 Å². The number of fused-ring (bicyclic) bond motifs is 2. The number of carbonyl (C=O) groups excluding carboxylic acids is 1. The summed E-state index contributed by atoms with van der Waals surface area (Å²) < 4.78 is 7.26. The van der Waals surface area contributed by atoms with Gasteiger partial charge < -0.3 is 20.7 Å². The number of aromatic nitrogens is 4. The van der Waals surface area contributed by atoms with Gasteiger partial charge in [-0.3, -0.25) is 9.69 Å². The Bertz CT molecular complexity index is 2200. The fourth-order valence-corrected chi connectivity index (χ4v) is 8.20. The molecule has 8 rings (SSSR count). The molecule has 5 aromatic rings. The van der Waals surface area contributed by atoms with Crippen LogP contribution >= 0.6 is 11.6 Å². The van der Waals surface area contributed by atoms with Gasteiger partial charge in [0.2, 0.25) is 5.88 Å². The first-order chi connectivity index (χ1) is 23.7. The minimum atomic E-state index is -0.221. The predicted octanol–water partition coefficient (Wildman–Crippen LogP) is 5.91. The van der Waals surface area contributed by atoms with Crippen molar-refractivity contribution in [1.29, 1.82) is 0 Å². The van der Waals surface area contributed by atoms with E-state index in [4.69, 9.17) is 21.3 Å². The van der Waals surface area contributed by atoms with E-state index >= 15 is 0 Å². The lowest BCUT2D eigenvalue weighted by Gasteiger charge is -2.36. The van der Waals surface area contributed by atoms with E-state index in [0.717, 1.165) is 78.0 Å². The highest BCUT2D eigenvalue weighted by molar-refractivity contribution is 6.36. The molecule has 3 aromatic heterocycles. The largest absolute Gasteiger partial charge is 0.481 e.